The molecule has 14 heavy (non-hydrogen) atoms. The number of fused-ring (bicyclic) bond motifs is 1. The van der Waals surface area contributed by atoms with Crippen LogP contribution in [-0.2, 0) is 9.59 Å². The highest BCUT2D eigenvalue weighted by Crippen LogP contribution is 2.21. The fourth-order valence-corrected chi connectivity index (χ4v) is 0.941. The number of rotatable bonds is 0. The lowest BCUT2D eigenvalue weighted by Gasteiger charge is -2.10. The van der Waals surface area contributed by atoms with Crippen LogP contribution in [0.1, 0.15) is 0 Å². The van der Waals surface area contributed by atoms with Crippen molar-refractivity contribution in [1.29, 1.82) is 0 Å². The molecule has 70 valence electrons. The molecule has 0 saturated heterocycles. The minimum atomic E-state index is -0.962. The maximum atomic E-state index is 10.8. The van der Waals surface area contributed by atoms with E-state index in [-0.39, 0.29) is 0 Å². The van der Waals surface area contributed by atoms with E-state index >= 15 is 0 Å². The smallest absolute Gasteiger partial charge is 0.336 e. The first-order valence-electron chi connectivity index (χ1n) is 3.54. The molecule has 0 fully saturated rings. The van der Waals surface area contributed by atoms with E-state index in [9.17, 15) is 19.2 Å². The van der Waals surface area contributed by atoms with Gasteiger partial charge in [0, 0.05) is 12.2 Å². The molecular weight excluding hydrogens is 192 g/mol. The van der Waals surface area contributed by atoms with Gasteiger partial charge in [-0.25, -0.2) is 9.59 Å². The molecule has 0 amide bonds. The molecule has 0 aliphatic carbocycles. The van der Waals surface area contributed by atoms with Gasteiger partial charge in [-0.1, -0.05) is 0 Å². The molecule has 0 aromatic heterocycles. The number of esters is 2. The number of hydrogen-bond donors (Lipinski definition) is 0. The van der Waals surface area contributed by atoms with Gasteiger partial charge >= 0.3 is 11.9 Å². The molecule has 1 aromatic carbocycles. The van der Waals surface area contributed by atoms with E-state index in [1.165, 1.54) is 0 Å². The van der Waals surface area contributed by atoms with Crippen molar-refractivity contribution in [3.63, 3.8) is 0 Å². The third kappa shape index (κ3) is 1.05. The molecule has 0 unspecified atom stereocenters. The summed E-state index contributed by atoms with van der Waals surface area (Å²) in [5.74, 6) is -2.79. The van der Waals surface area contributed by atoms with Crippen molar-refractivity contribution in [2.24, 2.45) is 0 Å². The van der Waals surface area contributed by atoms with Gasteiger partial charge in [0.1, 0.15) is 0 Å². The van der Waals surface area contributed by atoms with Crippen LogP contribution in [0.2, 0.25) is 0 Å². The van der Waals surface area contributed by atoms with Crippen molar-refractivity contribution >= 4 is 11.9 Å². The van der Waals surface area contributed by atoms with Gasteiger partial charge in [0.05, 0.1) is 0 Å². The molecule has 0 spiro atoms. The van der Waals surface area contributed by atoms with Crippen molar-refractivity contribution in [2.45, 2.75) is 0 Å². The molecule has 1 aliphatic heterocycles. The number of carbonyl (C=O) groups excluding carboxylic acids is 2. The summed E-state index contributed by atoms with van der Waals surface area (Å²) in [7, 11) is 0. The molecule has 0 radical (unpaired) electrons. The summed E-state index contributed by atoms with van der Waals surface area (Å²) in [6.07, 6.45) is 1.62. The van der Waals surface area contributed by atoms with Crippen molar-refractivity contribution in [3.05, 3.63) is 32.6 Å². The average molecular weight is 194 g/mol. The van der Waals surface area contributed by atoms with Gasteiger partial charge in [-0.15, -0.1) is 0 Å². The molecule has 1 aromatic rings. The second kappa shape index (κ2) is 2.63. The third-order valence-corrected chi connectivity index (χ3v) is 1.59. The van der Waals surface area contributed by atoms with Gasteiger partial charge in [-0.05, 0) is 0 Å². The second-order valence-corrected chi connectivity index (χ2v) is 2.49. The Morgan fingerprint density at radius 1 is 0.714 bits per heavy atom. The molecular formula is C8H2O6. The van der Waals surface area contributed by atoms with E-state index in [0.717, 1.165) is 12.2 Å². The van der Waals surface area contributed by atoms with Crippen molar-refractivity contribution in [3.8, 4) is 11.5 Å². The minimum Gasteiger partial charge on any atom is -0.415 e. The fourth-order valence-electron chi connectivity index (χ4n) is 0.941. The summed E-state index contributed by atoms with van der Waals surface area (Å²) in [4.78, 5) is 43.2. The lowest BCUT2D eigenvalue weighted by molar-refractivity contribution is -0.133. The van der Waals surface area contributed by atoms with Crippen molar-refractivity contribution < 1.29 is 19.1 Å². The molecule has 6 nitrogen and oxygen atoms in total. The average Bonchev–Trinajstić information content (AvgIpc) is 2.17. The highest BCUT2D eigenvalue weighted by molar-refractivity contribution is 5.95. The molecule has 2 rings (SSSR count). The van der Waals surface area contributed by atoms with E-state index < -0.39 is 34.3 Å². The Bertz CT molecular complexity index is 480. The fraction of sp³-hybridized carbons (Fsp3) is 0. The summed E-state index contributed by atoms with van der Waals surface area (Å²) in [6.45, 7) is 0. The lowest BCUT2D eigenvalue weighted by atomic mass is 10.2. The quantitative estimate of drug-likeness (QED) is 0.375. The molecule has 0 atom stereocenters. The van der Waals surface area contributed by atoms with Crippen LogP contribution < -0.4 is 20.3 Å². The largest absolute Gasteiger partial charge is 0.415 e. The Balaban J connectivity index is 2.51. The Kier molecular flexibility index (Phi) is 1.57. The van der Waals surface area contributed by atoms with Crippen LogP contribution in [0.4, 0.5) is 0 Å². The van der Waals surface area contributed by atoms with Gasteiger partial charge in [-0.2, -0.15) is 0 Å². The molecule has 0 N–H and O–H groups in total. The number of ether oxygens (including phenoxy) is 2. The van der Waals surface area contributed by atoms with Gasteiger partial charge in [0.2, 0.25) is 11.5 Å². The van der Waals surface area contributed by atoms with Crippen LogP contribution in [0.15, 0.2) is 21.7 Å². The van der Waals surface area contributed by atoms with E-state index in [1.54, 1.807) is 0 Å². The topological polar surface area (TPSA) is 86.7 Å². The molecule has 0 saturated carbocycles. The zero-order valence-electron chi connectivity index (χ0n) is 6.60. The van der Waals surface area contributed by atoms with Crippen LogP contribution in [0.25, 0.3) is 0 Å². The molecule has 6 heteroatoms. The van der Waals surface area contributed by atoms with E-state index in [2.05, 4.69) is 9.47 Å². The van der Waals surface area contributed by atoms with Crippen LogP contribution in [-0.4, -0.2) is 11.9 Å². The maximum Gasteiger partial charge on any atom is 0.336 e. The van der Waals surface area contributed by atoms with Gasteiger partial charge < -0.3 is 9.47 Å². The van der Waals surface area contributed by atoms with E-state index in [4.69, 9.17) is 0 Å². The Labute approximate surface area is 76.0 Å². The van der Waals surface area contributed by atoms with Gasteiger partial charge in [0.15, 0.2) is 0 Å². The predicted molar refractivity (Wildman–Crippen MR) is 41.8 cm³/mol. The van der Waals surface area contributed by atoms with Crippen LogP contribution >= 0.6 is 0 Å². The van der Waals surface area contributed by atoms with Gasteiger partial charge in [-0.3, -0.25) is 9.59 Å². The first-order valence-corrected chi connectivity index (χ1v) is 3.54. The summed E-state index contributed by atoms with van der Waals surface area (Å²) >= 11 is 0. The molecule has 0 bridgehead atoms. The summed E-state index contributed by atoms with van der Waals surface area (Å²) in [5.41, 5.74) is -1.92. The zero-order chi connectivity index (χ0) is 10.3. The number of hydrogen-bond acceptors (Lipinski definition) is 6. The summed E-state index contributed by atoms with van der Waals surface area (Å²) < 4.78 is 8.86. The minimum absolute atomic E-state index is 0.502. The Morgan fingerprint density at radius 2 is 1.07 bits per heavy atom. The van der Waals surface area contributed by atoms with Crippen molar-refractivity contribution in [2.75, 3.05) is 0 Å². The Morgan fingerprint density at radius 3 is 1.43 bits per heavy atom. The van der Waals surface area contributed by atoms with E-state index in [0.29, 0.717) is 0 Å². The molecule has 1 aliphatic rings. The first kappa shape index (κ1) is 8.36. The first-order chi connectivity index (χ1) is 6.59. The normalized spacial score (nSPS) is 17.7. The van der Waals surface area contributed by atoms with Gasteiger partial charge in [0.25, 0.3) is 10.9 Å². The molecule has 1 heterocycles. The zero-order valence-corrected chi connectivity index (χ0v) is 6.60. The second-order valence-electron chi connectivity index (χ2n) is 2.49. The summed E-state index contributed by atoms with van der Waals surface area (Å²) in [5, 5.41) is 0. The van der Waals surface area contributed by atoms with Crippen LogP contribution in [0.3, 0.4) is 0 Å². The predicted octanol–water partition coefficient (Wildman–Crippen LogP) is -1.34. The Hall–Kier alpha value is -2.24. The number of carbonyl (C=O) groups is 2. The van der Waals surface area contributed by atoms with Crippen LogP contribution in [0, 0.1) is 0 Å². The third-order valence-electron chi connectivity index (χ3n) is 1.59. The standard InChI is InChI=1S/C8H2O6/c9-3-1-2-4(10)14-8-6(12)5(11)7(8)13-3/h1-2H/b2-1-. The lowest BCUT2D eigenvalue weighted by Crippen LogP contribution is -2.36. The highest BCUT2D eigenvalue weighted by atomic mass is 16.6. The maximum absolute atomic E-state index is 10.8. The highest BCUT2D eigenvalue weighted by Gasteiger charge is 2.29. The SMILES string of the molecule is O=C1/C=C\C(=O)Oc2c(c(=O)c2=O)O1. The van der Waals surface area contributed by atoms with E-state index in [1.807, 2.05) is 0 Å². The monoisotopic (exact) mass is 194 g/mol. The van der Waals surface area contributed by atoms with Crippen LogP contribution in [0.5, 0.6) is 11.5 Å². The summed E-state index contributed by atoms with van der Waals surface area (Å²) in [6, 6.07) is 0. The van der Waals surface area contributed by atoms with Crippen molar-refractivity contribution in [1.82, 2.24) is 0 Å².